The number of anilines is 2. The van der Waals surface area contributed by atoms with E-state index in [9.17, 15) is 4.79 Å². The number of aromatic nitrogens is 3. The second-order valence-electron chi connectivity index (χ2n) is 5.60. The number of pyridine rings is 1. The van der Waals surface area contributed by atoms with Crippen LogP contribution in [0.25, 0.3) is 5.65 Å². The van der Waals surface area contributed by atoms with Crippen molar-refractivity contribution in [1.29, 1.82) is 0 Å². The third kappa shape index (κ3) is 3.51. The number of rotatable bonds is 5. The maximum Gasteiger partial charge on any atom is 0.237 e. The second kappa shape index (κ2) is 6.92. The summed E-state index contributed by atoms with van der Waals surface area (Å²) >= 11 is 1.38. The van der Waals surface area contributed by atoms with E-state index in [0.29, 0.717) is 5.16 Å². The molecule has 3 rings (SSSR count). The van der Waals surface area contributed by atoms with Crippen LogP contribution in [0.2, 0.25) is 0 Å². The van der Waals surface area contributed by atoms with E-state index in [4.69, 9.17) is 0 Å². The highest BCUT2D eigenvalue weighted by molar-refractivity contribution is 8.00. The predicted octanol–water partition coefficient (Wildman–Crippen LogP) is 2.91. The lowest BCUT2D eigenvalue weighted by molar-refractivity contribution is -0.115. The molecule has 1 aromatic carbocycles. The summed E-state index contributed by atoms with van der Waals surface area (Å²) in [7, 11) is 3.96. The highest BCUT2D eigenvalue weighted by atomic mass is 32.2. The molecule has 0 saturated heterocycles. The monoisotopic (exact) mass is 341 g/mol. The van der Waals surface area contributed by atoms with E-state index >= 15 is 0 Å². The molecule has 0 fully saturated rings. The van der Waals surface area contributed by atoms with Gasteiger partial charge in [0.15, 0.2) is 10.8 Å². The largest absolute Gasteiger partial charge is 0.378 e. The minimum atomic E-state index is -0.286. The van der Waals surface area contributed by atoms with Crippen LogP contribution in [0.1, 0.15) is 6.92 Å². The van der Waals surface area contributed by atoms with Crippen molar-refractivity contribution in [2.75, 3.05) is 24.3 Å². The second-order valence-corrected chi connectivity index (χ2v) is 6.91. The molecule has 7 heteroatoms. The molecule has 3 aromatic rings. The number of hydrogen-bond donors (Lipinski definition) is 1. The average molecular weight is 341 g/mol. The zero-order chi connectivity index (χ0) is 17.1. The Morgan fingerprint density at radius 3 is 2.62 bits per heavy atom. The van der Waals surface area contributed by atoms with Crippen LogP contribution in [0, 0.1) is 0 Å². The molecule has 0 bridgehead atoms. The van der Waals surface area contributed by atoms with Crippen LogP contribution in [0.4, 0.5) is 11.4 Å². The van der Waals surface area contributed by atoms with Crippen LogP contribution in [-0.4, -0.2) is 39.9 Å². The first kappa shape index (κ1) is 16.3. The quantitative estimate of drug-likeness (QED) is 0.723. The Morgan fingerprint density at radius 1 is 1.17 bits per heavy atom. The van der Waals surface area contributed by atoms with Crippen LogP contribution in [0.15, 0.2) is 53.8 Å². The maximum absolute atomic E-state index is 12.4. The Kier molecular flexibility index (Phi) is 4.71. The number of thioether (sulfide) groups is 1. The van der Waals surface area contributed by atoms with E-state index in [1.165, 1.54) is 11.8 Å². The molecule has 2 aromatic heterocycles. The molecule has 0 saturated carbocycles. The van der Waals surface area contributed by atoms with Gasteiger partial charge in [-0.15, -0.1) is 10.2 Å². The Labute approximate surface area is 144 Å². The fourth-order valence-electron chi connectivity index (χ4n) is 2.20. The third-order valence-electron chi connectivity index (χ3n) is 3.59. The van der Waals surface area contributed by atoms with Gasteiger partial charge < -0.3 is 10.2 Å². The molecule has 0 aliphatic carbocycles. The van der Waals surface area contributed by atoms with Crippen molar-refractivity contribution in [3.05, 3.63) is 48.7 Å². The Balaban J connectivity index is 1.66. The first-order chi connectivity index (χ1) is 11.5. The highest BCUT2D eigenvalue weighted by Gasteiger charge is 2.18. The van der Waals surface area contributed by atoms with Gasteiger partial charge in [-0.2, -0.15) is 0 Å². The number of carbonyl (C=O) groups excluding carboxylic acids is 1. The molecule has 0 aliphatic rings. The topological polar surface area (TPSA) is 62.5 Å². The molecule has 124 valence electrons. The van der Waals surface area contributed by atoms with Crippen LogP contribution in [-0.2, 0) is 4.79 Å². The Morgan fingerprint density at radius 2 is 1.92 bits per heavy atom. The van der Waals surface area contributed by atoms with Gasteiger partial charge in [-0.25, -0.2) is 0 Å². The molecule has 1 unspecified atom stereocenters. The van der Waals surface area contributed by atoms with Crippen LogP contribution >= 0.6 is 11.8 Å². The molecule has 1 atom stereocenters. The van der Waals surface area contributed by atoms with Crippen molar-refractivity contribution in [2.45, 2.75) is 17.3 Å². The van der Waals surface area contributed by atoms with E-state index in [2.05, 4.69) is 15.5 Å². The third-order valence-corrected chi connectivity index (χ3v) is 4.64. The SMILES string of the molecule is CC(Sc1nnc2ccccn12)C(=O)Nc1ccc(N(C)C)cc1. The Bertz CT molecular complexity index is 844. The van der Waals surface area contributed by atoms with E-state index in [-0.39, 0.29) is 11.2 Å². The molecular weight excluding hydrogens is 322 g/mol. The van der Waals surface area contributed by atoms with Gasteiger partial charge in [0.1, 0.15) is 0 Å². The predicted molar refractivity (Wildman–Crippen MR) is 97.7 cm³/mol. The minimum Gasteiger partial charge on any atom is -0.378 e. The number of benzene rings is 1. The zero-order valence-electron chi connectivity index (χ0n) is 13.8. The van der Waals surface area contributed by atoms with Gasteiger partial charge in [0.25, 0.3) is 0 Å². The average Bonchev–Trinajstić information content (AvgIpc) is 2.98. The van der Waals surface area contributed by atoms with Crippen molar-refractivity contribution < 1.29 is 4.79 Å². The van der Waals surface area contributed by atoms with Gasteiger partial charge in [-0.1, -0.05) is 17.8 Å². The van der Waals surface area contributed by atoms with Gasteiger partial charge in [0.05, 0.1) is 5.25 Å². The van der Waals surface area contributed by atoms with Gasteiger partial charge in [0.2, 0.25) is 5.91 Å². The highest BCUT2D eigenvalue weighted by Crippen LogP contribution is 2.23. The fourth-order valence-corrected chi connectivity index (χ4v) is 3.04. The number of fused-ring (bicyclic) bond motifs is 1. The van der Waals surface area contributed by atoms with E-state index in [1.807, 2.05) is 79.0 Å². The molecule has 0 aliphatic heterocycles. The van der Waals surface area contributed by atoms with Gasteiger partial charge in [-0.05, 0) is 43.3 Å². The smallest absolute Gasteiger partial charge is 0.237 e. The lowest BCUT2D eigenvalue weighted by Crippen LogP contribution is -2.22. The van der Waals surface area contributed by atoms with Crippen LogP contribution < -0.4 is 10.2 Å². The molecule has 0 radical (unpaired) electrons. The zero-order valence-corrected chi connectivity index (χ0v) is 14.6. The molecule has 24 heavy (non-hydrogen) atoms. The lowest BCUT2D eigenvalue weighted by Gasteiger charge is -2.14. The van der Waals surface area contributed by atoms with Crippen molar-refractivity contribution in [3.8, 4) is 0 Å². The van der Waals surface area contributed by atoms with Crippen molar-refractivity contribution in [3.63, 3.8) is 0 Å². The van der Waals surface area contributed by atoms with Crippen molar-refractivity contribution >= 4 is 34.7 Å². The number of nitrogens with zero attached hydrogens (tertiary/aromatic N) is 4. The maximum atomic E-state index is 12.4. The molecule has 6 nitrogen and oxygen atoms in total. The van der Waals surface area contributed by atoms with Gasteiger partial charge in [0, 0.05) is 31.7 Å². The normalized spacial score (nSPS) is 12.1. The molecule has 1 N–H and O–H groups in total. The first-order valence-corrected chi connectivity index (χ1v) is 8.47. The minimum absolute atomic E-state index is 0.0646. The summed E-state index contributed by atoms with van der Waals surface area (Å²) < 4.78 is 1.88. The number of amides is 1. The fraction of sp³-hybridized carbons (Fsp3) is 0.235. The molecular formula is C17H19N5OS. The van der Waals surface area contributed by atoms with Crippen molar-refractivity contribution in [1.82, 2.24) is 14.6 Å². The summed E-state index contributed by atoms with van der Waals surface area (Å²) in [5.41, 5.74) is 2.64. The Hall–Kier alpha value is -2.54. The van der Waals surface area contributed by atoms with E-state index < -0.39 is 0 Å². The van der Waals surface area contributed by atoms with Crippen LogP contribution in [0.3, 0.4) is 0 Å². The number of hydrogen-bond acceptors (Lipinski definition) is 5. The summed E-state index contributed by atoms with van der Waals surface area (Å²) in [6, 6.07) is 13.4. The number of carbonyl (C=O) groups is 1. The van der Waals surface area contributed by atoms with E-state index in [1.54, 1.807) is 0 Å². The van der Waals surface area contributed by atoms with E-state index in [0.717, 1.165) is 17.0 Å². The summed E-state index contributed by atoms with van der Waals surface area (Å²) in [6.07, 6.45) is 1.89. The molecule has 0 spiro atoms. The summed E-state index contributed by atoms with van der Waals surface area (Å²) in [5.74, 6) is -0.0646. The number of nitrogens with one attached hydrogen (secondary N) is 1. The van der Waals surface area contributed by atoms with Gasteiger partial charge >= 0.3 is 0 Å². The van der Waals surface area contributed by atoms with Crippen molar-refractivity contribution in [2.24, 2.45) is 0 Å². The summed E-state index contributed by atoms with van der Waals surface area (Å²) in [5, 5.41) is 11.6. The lowest BCUT2D eigenvalue weighted by atomic mass is 10.2. The molecule has 2 heterocycles. The summed E-state index contributed by atoms with van der Waals surface area (Å²) in [6.45, 7) is 1.86. The summed E-state index contributed by atoms with van der Waals surface area (Å²) in [4.78, 5) is 14.4. The first-order valence-electron chi connectivity index (χ1n) is 7.59. The standard InChI is InChI=1S/C17H19N5OS/c1-12(24-17-20-19-15-6-4-5-11-22(15)17)16(23)18-13-7-9-14(10-8-13)21(2)3/h4-12H,1-3H3,(H,18,23). The van der Waals surface area contributed by atoms with Crippen LogP contribution in [0.5, 0.6) is 0 Å². The molecule has 1 amide bonds. The van der Waals surface area contributed by atoms with Gasteiger partial charge in [-0.3, -0.25) is 9.20 Å².